The van der Waals surface area contributed by atoms with Crippen LogP contribution in [-0.4, -0.2) is 34.3 Å². The number of hydrogen-bond acceptors (Lipinski definition) is 4. The van der Waals surface area contributed by atoms with E-state index in [2.05, 4.69) is 4.90 Å². The summed E-state index contributed by atoms with van der Waals surface area (Å²) in [7, 11) is 0. The van der Waals surface area contributed by atoms with Crippen LogP contribution in [0.4, 0.5) is 5.82 Å². The Kier molecular flexibility index (Phi) is 3.54. The number of fused-ring (bicyclic) bond motifs is 1. The number of thiocarbonyl (C=S) groups is 1. The molecule has 0 aliphatic carbocycles. The van der Waals surface area contributed by atoms with E-state index in [1.54, 1.807) is 0 Å². The molecule has 0 bridgehead atoms. The fraction of sp³-hybridized carbons (Fsp3) is 0.333. The van der Waals surface area contributed by atoms with Crippen LogP contribution in [0, 0.1) is 0 Å². The molecule has 1 aliphatic rings. The van der Waals surface area contributed by atoms with Gasteiger partial charge in [0, 0.05) is 18.5 Å². The van der Waals surface area contributed by atoms with Gasteiger partial charge in [-0.05, 0) is 25.0 Å². The molecule has 4 nitrogen and oxygen atoms in total. The van der Waals surface area contributed by atoms with E-state index in [0.29, 0.717) is 4.99 Å². The summed E-state index contributed by atoms with van der Waals surface area (Å²) in [6, 6.07) is 9.95. The number of nitrogens with zero attached hydrogens (tertiary/aromatic N) is 2. The van der Waals surface area contributed by atoms with Gasteiger partial charge < -0.3 is 15.7 Å². The lowest BCUT2D eigenvalue weighted by Crippen LogP contribution is -2.37. The third kappa shape index (κ3) is 2.46. The summed E-state index contributed by atoms with van der Waals surface area (Å²) >= 11 is 5.17. The molecule has 1 aromatic carbocycles. The summed E-state index contributed by atoms with van der Waals surface area (Å²) in [6.07, 6.45) is 1.30. The van der Waals surface area contributed by atoms with Crippen molar-refractivity contribution in [2.24, 2.45) is 5.73 Å². The zero-order valence-corrected chi connectivity index (χ0v) is 11.9. The molecule has 2 aromatic rings. The SMILES string of the molecule is NC(=S)c1cc2ccccc2nc1N1CCC(O)CC1. The first-order chi connectivity index (χ1) is 9.65. The second kappa shape index (κ2) is 5.34. The van der Waals surface area contributed by atoms with Crippen molar-refractivity contribution in [3.8, 4) is 0 Å². The number of hydrogen-bond donors (Lipinski definition) is 2. The molecule has 0 amide bonds. The number of piperidine rings is 1. The van der Waals surface area contributed by atoms with Gasteiger partial charge in [0.05, 0.1) is 17.2 Å². The maximum absolute atomic E-state index is 9.63. The first-order valence-electron chi connectivity index (χ1n) is 6.78. The first kappa shape index (κ1) is 13.3. The third-order valence-corrected chi connectivity index (χ3v) is 3.95. The summed E-state index contributed by atoms with van der Waals surface area (Å²) in [5.41, 5.74) is 7.61. The Bertz CT molecular complexity index is 651. The molecule has 5 heteroatoms. The van der Waals surface area contributed by atoms with Gasteiger partial charge in [-0.25, -0.2) is 4.98 Å². The van der Waals surface area contributed by atoms with E-state index in [1.807, 2.05) is 30.3 Å². The fourth-order valence-corrected chi connectivity index (χ4v) is 2.76. The summed E-state index contributed by atoms with van der Waals surface area (Å²) in [5, 5.41) is 10.7. The van der Waals surface area contributed by atoms with E-state index < -0.39 is 0 Å². The fourth-order valence-electron chi connectivity index (χ4n) is 2.61. The molecule has 1 aromatic heterocycles. The van der Waals surface area contributed by atoms with Gasteiger partial charge in [-0.15, -0.1) is 0 Å². The van der Waals surface area contributed by atoms with Gasteiger partial charge in [0.15, 0.2) is 0 Å². The number of aliphatic hydroxyl groups is 1. The highest BCUT2D eigenvalue weighted by atomic mass is 32.1. The smallest absolute Gasteiger partial charge is 0.139 e. The van der Waals surface area contributed by atoms with Crippen LogP contribution in [0.2, 0.25) is 0 Å². The molecule has 20 heavy (non-hydrogen) atoms. The number of anilines is 1. The Morgan fingerprint density at radius 3 is 2.70 bits per heavy atom. The normalized spacial score (nSPS) is 16.6. The second-order valence-corrected chi connectivity index (χ2v) is 5.57. The highest BCUT2D eigenvalue weighted by Gasteiger charge is 2.21. The molecule has 1 aliphatic heterocycles. The Morgan fingerprint density at radius 2 is 2.00 bits per heavy atom. The van der Waals surface area contributed by atoms with Crippen LogP contribution in [0.15, 0.2) is 30.3 Å². The Morgan fingerprint density at radius 1 is 1.30 bits per heavy atom. The van der Waals surface area contributed by atoms with Crippen molar-refractivity contribution >= 4 is 33.9 Å². The number of aliphatic hydroxyl groups excluding tert-OH is 1. The van der Waals surface area contributed by atoms with Crippen LogP contribution in [0.3, 0.4) is 0 Å². The van der Waals surface area contributed by atoms with E-state index in [1.165, 1.54) is 0 Å². The van der Waals surface area contributed by atoms with Crippen molar-refractivity contribution < 1.29 is 5.11 Å². The zero-order valence-electron chi connectivity index (χ0n) is 11.1. The molecule has 0 radical (unpaired) electrons. The van der Waals surface area contributed by atoms with Crippen LogP contribution >= 0.6 is 12.2 Å². The molecule has 0 atom stereocenters. The van der Waals surface area contributed by atoms with Gasteiger partial charge >= 0.3 is 0 Å². The lowest BCUT2D eigenvalue weighted by molar-refractivity contribution is 0.145. The number of benzene rings is 1. The number of rotatable bonds is 2. The van der Waals surface area contributed by atoms with Crippen molar-refractivity contribution in [2.45, 2.75) is 18.9 Å². The van der Waals surface area contributed by atoms with Gasteiger partial charge in [0.25, 0.3) is 0 Å². The van der Waals surface area contributed by atoms with Crippen LogP contribution in [0.25, 0.3) is 10.9 Å². The summed E-state index contributed by atoms with van der Waals surface area (Å²) in [6.45, 7) is 1.56. The average Bonchev–Trinajstić information content (AvgIpc) is 2.46. The number of para-hydroxylation sites is 1. The van der Waals surface area contributed by atoms with E-state index in [-0.39, 0.29) is 6.10 Å². The molecule has 0 spiro atoms. The predicted octanol–water partition coefficient (Wildman–Crippen LogP) is 1.83. The maximum Gasteiger partial charge on any atom is 0.139 e. The Hall–Kier alpha value is -1.72. The van der Waals surface area contributed by atoms with E-state index >= 15 is 0 Å². The van der Waals surface area contributed by atoms with Crippen LogP contribution in [0.1, 0.15) is 18.4 Å². The summed E-state index contributed by atoms with van der Waals surface area (Å²) < 4.78 is 0. The van der Waals surface area contributed by atoms with Crippen molar-refractivity contribution in [1.29, 1.82) is 0 Å². The monoisotopic (exact) mass is 287 g/mol. The number of aromatic nitrogens is 1. The summed E-state index contributed by atoms with van der Waals surface area (Å²) in [5.74, 6) is 0.836. The van der Waals surface area contributed by atoms with Crippen molar-refractivity contribution in [3.05, 3.63) is 35.9 Å². The van der Waals surface area contributed by atoms with Crippen LogP contribution in [0.5, 0.6) is 0 Å². The lowest BCUT2D eigenvalue weighted by Gasteiger charge is -2.31. The molecule has 0 saturated carbocycles. The molecule has 3 N–H and O–H groups in total. The van der Waals surface area contributed by atoms with Crippen molar-refractivity contribution in [1.82, 2.24) is 4.98 Å². The second-order valence-electron chi connectivity index (χ2n) is 5.13. The number of nitrogens with two attached hydrogens (primary N) is 1. The zero-order chi connectivity index (χ0) is 14.1. The quantitative estimate of drug-likeness (QED) is 0.825. The predicted molar refractivity (Wildman–Crippen MR) is 85.1 cm³/mol. The third-order valence-electron chi connectivity index (χ3n) is 3.73. The Balaban J connectivity index is 2.07. The van der Waals surface area contributed by atoms with Gasteiger partial charge in [-0.3, -0.25) is 0 Å². The molecule has 1 fully saturated rings. The molecular weight excluding hydrogens is 270 g/mol. The number of pyridine rings is 1. The minimum atomic E-state index is -0.208. The molecule has 1 saturated heterocycles. The van der Waals surface area contributed by atoms with E-state index in [9.17, 15) is 5.11 Å². The van der Waals surface area contributed by atoms with Crippen molar-refractivity contribution in [2.75, 3.05) is 18.0 Å². The van der Waals surface area contributed by atoms with Gasteiger partial charge in [0.2, 0.25) is 0 Å². The minimum Gasteiger partial charge on any atom is -0.393 e. The molecule has 0 unspecified atom stereocenters. The van der Waals surface area contributed by atoms with E-state index in [0.717, 1.165) is 48.2 Å². The molecule has 104 valence electrons. The van der Waals surface area contributed by atoms with Gasteiger partial charge in [0.1, 0.15) is 10.8 Å². The van der Waals surface area contributed by atoms with E-state index in [4.69, 9.17) is 22.9 Å². The van der Waals surface area contributed by atoms with Gasteiger partial charge in [-0.2, -0.15) is 0 Å². The Labute approximate surface area is 123 Å². The highest BCUT2D eigenvalue weighted by Crippen LogP contribution is 2.26. The molecule has 3 rings (SSSR count). The minimum absolute atomic E-state index is 0.208. The maximum atomic E-state index is 9.63. The molecular formula is C15H17N3OS. The van der Waals surface area contributed by atoms with Crippen LogP contribution < -0.4 is 10.6 Å². The standard InChI is InChI=1S/C15H17N3OS/c16-14(20)12-9-10-3-1-2-4-13(10)17-15(12)18-7-5-11(19)6-8-18/h1-4,9,11,19H,5-8H2,(H2,16,20). The van der Waals surface area contributed by atoms with Gasteiger partial charge in [-0.1, -0.05) is 30.4 Å². The molecule has 2 heterocycles. The average molecular weight is 287 g/mol. The highest BCUT2D eigenvalue weighted by molar-refractivity contribution is 7.80. The topological polar surface area (TPSA) is 62.4 Å². The first-order valence-corrected chi connectivity index (χ1v) is 7.18. The largest absolute Gasteiger partial charge is 0.393 e. The van der Waals surface area contributed by atoms with Crippen LogP contribution in [-0.2, 0) is 0 Å². The lowest BCUT2D eigenvalue weighted by atomic mass is 10.1. The van der Waals surface area contributed by atoms with Crippen molar-refractivity contribution in [3.63, 3.8) is 0 Å². The summed E-state index contributed by atoms with van der Waals surface area (Å²) in [4.78, 5) is 7.25.